The number of nitrogens with one attached hydrogen (secondary N) is 1. The smallest absolute Gasteiger partial charge is 0.131 e. The quantitative estimate of drug-likeness (QED) is 0.890. The molecule has 0 saturated carbocycles. The highest BCUT2D eigenvalue weighted by atomic mass is 15.2. The normalized spacial score (nSPS) is 20.4. The maximum absolute atomic E-state index is 4.55. The topological polar surface area (TPSA) is 28.2 Å². The number of hydrogen-bond donors (Lipinski definition) is 1. The Hall–Kier alpha value is -1.09. The molecule has 1 saturated heterocycles. The molecule has 1 atom stereocenters. The van der Waals surface area contributed by atoms with Gasteiger partial charge in [0.15, 0.2) is 0 Å². The van der Waals surface area contributed by atoms with E-state index in [2.05, 4.69) is 49.0 Å². The second kappa shape index (κ2) is 5.27. The summed E-state index contributed by atoms with van der Waals surface area (Å²) in [5.41, 5.74) is 1.47. The fourth-order valence-electron chi connectivity index (χ4n) is 2.53. The zero-order valence-electron chi connectivity index (χ0n) is 12.0. The van der Waals surface area contributed by atoms with Gasteiger partial charge in [0.25, 0.3) is 0 Å². The monoisotopic (exact) mass is 247 g/mol. The first-order valence-corrected chi connectivity index (χ1v) is 6.91. The molecule has 2 rings (SSSR count). The van der Waals surface area contributed by atoms with Gasteiger partial charge in [-0.05, 0) is 52.2 Å². The molecule has 1 aromatic rings. The lowest BCUT2D eigenvalue weighted by molar-refractivity contribution is 0.404. The molecule has 1 aromatic heterocycles. The summed E-state index contributed by atoms with van der Waals surface area (Å²) < 4.78 is 0. The summed E-state index contributed by atoms with van der Waals surface area (Å²) in [7, 11) is 0. The van der Waals surface area contributed by atoms with E-state index in [9.17, 15) is 0 Å². The Kier molecular flexibility index (Phi) is 3.91. The van der Waals surface area contributed by atoms with Crippen LogP contribution in [0.25, 0.3) is 0 Å². The Morgan fingerprint density at radius 2 is 2.22 bits per heavy atom. The largest absolute Gasteiger partial charge is 0.352 e. The molecule has 0 spiro atoms. The fourth-order valence-corrected chi connectivity index (χ4v) is 2.53. The summed E-state index contributed by atoms with van der Waals surface area (Å²) in [4.78, 5) is 7.02. The van der Waals surface area contributed by atoms with E-state index in [4.69, 9.17) is 0 Å². The van der Waals surface area contributed by atoms with E-state index in [-0.39, 0.29) is 5.54 Å². The van der Waals surface area contributed by atoms with Crippen molar-refractivity contribution in [2.45, 2.75) is 52.1 Å². The lowest BCUT2D eigenvalue weighted by Crippen LogP contribution is -2.45. The molecule has 1 unspecified atom stereocenters. The first-order chi connectivity index (χ1) is 8.47. The van der Waals surface area contributed by atoms with Crippen LogP contribution in [-0.2, 0) is 0 Å². The van der Waals surface area contributed by atoms with Gasteiger partial charge >= 0.3 is 0 Å². The molecule has 18 heavy (non-hydrogen) atoms. The molecule has 1 N–H and O–H groups in total. The van der Waals surface area contributed by atoms with Gasteiger partial charge in [0, 0.05) is 30.9 Å². The highest BCUT2D eigenvalue weighted by Gasteiger charge is 2.27. The van der Waals surface area contributed by atoms with Crippen LogP contribution in [0.1, 0.15) is 39.2 Å². The second-order valence-electron chi connectivity index (χ2n) is 6.26. The van der Waals surface area contributed by atoms with Gasteiger partial charge < -0.3 is 10.2 Å². The highest BCUT2D eigenvalue weighted by molar-refractivity contribution is 5.47. The number of anilines is 1. The Balaban J connectivity index is 2.06. The standard InChI is InChI=1S/C15H25N3/c1-12-7-5-9-16-14(12)18-10-6-8-13(18)11-17-15(2,3)4/h5,7,9,13,17H,6,8,10-11H2,1-4H3. The molecule has 1 aliphatic heterocycles. The van der Waals surface area contributed by atoms with Gasteiger partial charge in [0.05, 0.1) is 0 Å². The molecule has 0 radical (unpaired) electrons. The molecular weight excluding hydrogens is 222 g/mol. The average molecular weight is 247 g/mol. The summed E-state index contributed by atoms with van der Waals surface area (Å²) in [5, 5.41) is 3.61. The van der Waals surface area contributed by atoms with Gasteiger partial charge in [-0.1, -0.05) is 6.07 Å². The zero-order chi connectivity index (χ0) is 13.2. The van der Waals surface area contributed by atoms with Gasteiger partial charge in [0.2, 0.25) is 0 Å². The number of nitrogens with zero attached hydrogens (tertiary/aromatic N) is 2. The van der Waals surface area contributed by atoms with E-state index in [0.29, 0.717) is 6.04 Å². The van der Waals surface area contributed by atoms with Crippen LogP contribution in [-0.4, -0.2) is 29.7 Å². The Bertz CT molecular complexity index is 395. The van der Waals surface area contributed by atoms with Crippen LogP contribution < -0.4 is 10.2 Å². The van der Waals surface area contributed by atoms with Crippen molar-refractivity contribution in [1.29, 1.82) is 0 Å². The Morgan fingerprint density at radius 1 is 1.44 bits per heavy atom. The molecular formula is C15H25N3. The van der Waals surface area contributed by atoms with Gasteiger partial charge in [-0.25, -0.2) is 4.98 Å². The predicted molar refractivity (Wildman–Crippen MR) is 77.1 cm³/mol. The Labute approximate surface area is 111 Å². The van der Waals surface area contributed by atoms with Crippen LogP contribution in [0.3, 0.4) is 0 Å². The minimum Gasteiger partial charge on any atom is -0.352 e. The van der Waals surface area contributed by atoms with Crippen molar-refractivity contribution in [1.82, 2.24) is 10.3 Å². The molecule has 0 amide bonds. The van der Waals surface area contributed by atoms with Crippen molar-refractivity contribution in [3.8, 4) is 0 Å². The number of pyridine rings is 1. The number of rotatable bonds is 3. The summed E-state index contributed by atoms with van der Waals surface area (Å²) in [6.07, 6.45) is 4.43. The third-order valence-electron chi connectivity index (χ3n) is 3.50. The lowest BCUT2D eigenvalue weighted by atomic mass is 10.1. The second-order valence-corrected chi connectivity index (χ2v) is 6.26. The number of aromatic nitrogens is 1. The van der Waals surface area contributed by atoms with Crippen LogP contribution in [0.15, 0.2) is 18.3 Å². The van der Waals surface area contributed by atoms with E-state index in [1.165, 1.54) is 18.4 Å². The predicted octanol–water partition coefficient (Wildman–Crippen LogP) is 2.75. The summed E-state index contributed by atoms with van der Waals surface area (Å²) in [6.45, 7) is 11.0. The number of aryl methyl sites for hydroxylation is 1. The molecule has 0 aromatic carbocycles. The van der Waals surface area contributed by atoms with Crippen molar-refractivity contribution in [2.24, 2.45) is 0 Å². The van der Waals surface area contributed by atoms with Crippen LogP contribution in [0.2, 0.25) is 0 Å². The first-order valence-electron chi connectivity index (χ1n) is 6.91. The van der Waals surface area contributed by atoms with Crippen molar-refractivity contribution in [2.75, 3.05) is 18.0 Å². The number of hydrogen-bond acceptors (Lipinski definition) is 3. The van der Waals surface area contributed by atoms with E-state index in [1.807, 2.05) is 12.3 Å². The molecule has 1 fully saturated rings. The maximum Gasteiger partial charge on any atom is 0.131 e. The summed E-state index contributed by atoms with van der Waals surface area (Å²) >= 11 is 0. The highest BCUT2D eigenvalue weighted by Crippen LogP contribution is 2.26. The maximum atomic E-state index is 4.55. The molecule has 1 aliphatic rings. The third kappa shape index (κ3) is 3.22. The molecule has 2 heterocycles. The van der Waals surface area contributed by atoms with Crippen molar-refractivity contribution in [3.05, 3.63) is 23.9 Å². The average Bonchev–Trinajstić information content (AvgIpc) is 2.74. The minimum atomic E-state index is 0.188. The van der Waals surface area contributed by atoms with Crippen molar-refractivity contribution >= 4 is 5.82 Å². The van der Waals surface area contributed by atoms with Crippen molar-refractivity contribution < 1.29 is 0 Å². The van der Waals surface area contributed by atoms with E-state index < -0.39 is 0 Å². The van der Waals surface area contributed by atoms with Crippen LogP contribution in [0.4, 0.5) is 5.82 Å². The van der Waals surface area contributed by atoms with Gasteiger partial charge in [-0.15, -0.1) is 0 Å². The van der Waals surface area contributed by atoms with Crippen LogP contribution in [0.5, 0.6) is 0 Å². The van der Waals surface area contributed by atoms with Crippen molar-refractivity contribution in [3.63, 3.8) is 0 Å². The molecule has 0 aliphatic carbocycles. The zero-order valence-corrected chi connectivity index (χ0v) is 12.0. The van der Waals surface area contributed by atoms with Gasteiger partial charge in [0.1, 0.15) is 5.82 Å². The van der Waals surface area contributed by atoms with Crippen LogP contribution >= 0.6 is 0 Å². The molecule has 0 bridgehead atoms. The van der Waals surface area contributed by atoms with Crippen LogP contribution in [0, 0.1) is 6.92 Å². The summed E-state index contributed by atoms with van der Waals surface area (Å²) in [6, 6.07) is 4.74. The Morgan fingerprint density at radius 3 is 2.89 bits per heavy atom. The SMILES string of the molecule is Cc1cccnc1N1CCCC1CNC(C)(C)C. The lowest BCUT2D eigenvalue weighted by Gasteiger charge is -2.30. The third-order valence-corrected chi connectivity index (χ3v) is 3.50. The van der Waals surface area contributed by atoms with Gasteiger partial charge in [-0.3, -0.25) is 0 Å². The molecule has 100 valence electrons. The molecule has 3 nitrogen and oxygen atoms in total. The fraction of sp³-hybridized carbons (Fsp3) is 0.667. The first kappa shape index (κ1) is 13.3. The van der Waals surface area contributed by atoms with E-state index in [1.54, 1.807) is 0 Å². The van der Waals surface area contributed by atoms with E-state index >= 15 is 0 Å². The summed E-state index contributed by atoms with van der Waals surface area (Å²) in [5.74, 6) is 1.16. The van der Waals surface area contributed by atoms with Gasteiger partial charge in [-0.2, -0.15) is 0 Å². The molecule has 3 heteroatoms. The van der Waals surface area contributed by atoms with E-state index in [0.717, 1.165) is 18.9 Å². The minimum absolute atomic E-state index is 0.188.